The van der Waals surface area contributed by atoms with Crippen LogP contribution in [-0.2, 0) is 9.53 Å². The van der Waals surface area contributed by atoms with Crippen molar-refractivity contribution in [2.24, 2.45) is 0 Å². The summed E-state index contributed by atoms with van der Waals surface area (Å²) < 4.78 is 18.9. The Kier molecular flexibility index (Phi) is 4.23. The molecule has 0 spiro atoms. The average Bonchev–Trinajstić information content (AvgIpc) is 3.24. The molecule has 0 bridgehead atoms. The van der Waals surface area contributed by atoms with Gasteiger partial charge in [0.25, 0.3) is 0 Å². The van der Waals surface area contributed by atoms with Crippen LogP contribution in [0.5, 0.6) is 0 Å². The quantitative estimate of drug-likeness (QED) is 0.832. The summed E-state index contributed by atoms with van der Waals surface area (Å²) in [6.45, 7) is 0.149. The summed E-state index contributed by atoms with van der Waals surface area (Å²) in [6.07, 6.45) is 1.36. The van der Waals surface area contributed by atoms with Crippen LogP contribution in [0, 0.1) is 0 Å². The maximum atomic E-state index is 13.4. The number of fused-ring (bicyclic) bond motifs is 3. The molecular weight excluding hydrogens is 333 g/mol. The Morgan fingerprint density at radius 1 is 1.00 bits per heavy atom. The molecular formula is C21H20FNO3. The zero-order valence-corrected chi connectivity index (χ0v) is 14.3. The second kappa shape index (κ2) is 6.56. The third kappa shape index (κ3) is 2.77. The van der Waals surface area contributed by atoms with E-state index in [2.05, 4.69) is 17.4 Å². The number of rotatable bonds is 4. The third-order valence-corrected chi connectivity index (χ3v) is 5.52. The molecule has 1 fully saturated rings. The topological polar surface area (TPSA) is 55.4 Å². The minimum Gasteiger partial charge on any atom is -0.449 e. The SMILES string of the molecule is O=C(NC1(C(=O)F)CCCC1)OCC1c2ccccc2-c2ccccc21. The molecule has 1 amide bonds. The smallest absolute Gasteiger partial charge is 0.408 e. The van der Waals surface area contributed by atoms with Gasteiger partial charge in [-0.2, -0.15) is 4.39 Å². The van der Waals surface area contributed by atoms with Crippen LogP contribution >= 0.6 is 0 Å². The van der Waals surface area contributed by atoms with E-state index in [4.69, 9.17) is 4.74 Å². The minimum absolute atomic E-state index is 0.0613. The Balaban J connectivity index is 1.50. The largest absolute Gasteiger partial charge is 0.449 e. The predicted octanol–water partition coefficient (Wildman–Crippen LogP) is 4.33. The van der Waals surface area contributed by atoms with E-state index in [0.29, 0.717) is 12.8 Å². The molecule has 0 unspecified atom stereocenters. The van der Waals surface area contributed by atoms with Crippen LogP contribution in [0.4, 0.5) is 9.18 Å². The van der Waals surface area contributed by atoms with Gasteiger partial charge >= 0.3 is 12.1 Å². The van der Waals surface area contributed by atoms with Crippen molar-refractivity contribution in [1.29, 1.82) is 0 Å². The number of hydrogen-bond acceptors (Lipinski definition) is 3. The Morgan fingerprint density at radius 3 is 2.08 bits per heavy atom. The number of carbonyl (C=O) groups is 2. The molecule has 26 heavy (non-hydrogen) atoms. The first-order chi connectivity index (χ1) is 12.6. The molecule has 134 valence electrons. The molecule has 0 saturated heterocycles. The van der Waals surface area contributed by atoms with E-state index in [-0.39, 0.29) is 12.5 Å². The molecule has 2 aromatic carbocycles. The Bertz CT molecular complexity index is 812. The Hall–Kier alpha value is -2.69. The lowest BCUT2D eigenvalue weighted by atomic mass is 9.98. The lowest BCUT2D eigenvalue weighted by Gasteiger charge is -2.24. The highest BCUT2D eigenvalue weighted by molar-refractivity contribution is 5.85. The first-order valence-electron chi connectivity index (χ1n) is 8.94. The monoisotopic (exact) mass is 353 g/mol. The molecule has 5 heteroatoms. The average molecular weight is 353 g/mol. The first kappa shape index (κ1) is 16.8. The van der Waals surface area contributed by atoms with Crippen LogP contribution in [-0.4, -0.2) is 24.3 Å². The molecule has 4 rings (SSSR count). The molecule has 0 atom stereocenters. The molecule has 2 aliphatic carbocycles. The molecule has 0 aliphatic heterocycles. The summed E-state index contributed by atoms with van der Waals surface area (Å²) in [5.41, 5.74) is 3.10. The van der Waals surface area contributed by atoms with Gasteiger partial charge in [-0.25, -0.2) is 4.79 Å². The fraction of sp³-hybridized carbons (Fsp3) is 0.333. The fourth-order valence-electron chi connectivity index (χ4n) is 4.18. The van der Waals surface area contributed by atoms with Gasteiger partial charge in [0.05, 0.1) is 0 Å². The predicted molar refractivity (Wildman–Crippen MR) is 95.5 cm³/mol. The van der Waals surface area contributed by atoms with Gasteiger partial charge in [-0.05, 0) is 35.1 Å². The van der Waals surface area contributed by atoms with Crippen LogP contribution in [0.1, 0.15) is 42.7 Å². The highest BCUT2D eigenvalue weighted by Gasteiger charge is 2.43. The number of carbonyl (C=O) groups excluding carboxylic acids is 2. The number of amides is 1. The lowest BCUT2D eigenvalue weighted by molar-refractivity contribution is -0.136. The summed E-state index contributed by atoms with van der Waals surface area (Å²) in [5.74, 6) is -0.0613. The van der Waals surface area contributed by atoms with E-state index < -0.39 is 17.7 Å². The van der Waals surface area contributed by atoms with Crippen LogP contribution < -0.4 is 5.32 Å². The normalized spacial score (nSPS) is 17.4. The van der Waals surface area contributed by atoms with Gasteiger partial charge in [0, 0.05) is 5.92 Å². The van der Waals surface area contributed by atoms with Gasteiger partial charge in [-0.15, -0.1) is 0 Å². The second-order valence-electron chi connectivity index (χ2n) is 7.01. The van der Waals surface area contributed by atoms with Crippen molar-refractivity contribution in [2.75, 3.05) is 6.61 Å². The number of ether oxygens (including phenoxy) is 1. The van der Waals surface area contributed by atoms with Gasteiger partial charge in [0.2, 0.25) is 0 Å². The summed E-state index contributed by atoms with van der Waals surface area (Å²) in [4.78, 5) is 23.6. The highest BCUT2D eigenvalue weighted by atomic mass is 19.1. The molecule has 0 heterocycles. The van der Waals surface area contributed by atoms with Crippen LogP contribution in [0.2, 0.25) is 0 Å². The zero-order valence-electron chi connectivity index (χ0n) is 14.3. The molecule has 0 aromatic heterocycles. The molecule has 2 aromatic rings. The van der Waals surface area contributed by atoms with Crippen molar-refractivity contribution in [1.82, 2.24) is 5.32 Å². The van der Waals surface area contributed by atoms with E-state index in [0.717, 1.165) is 35.1 Å². The molecule has 2 aliphatic rings. The molecule has 1 N–H and O–H groups in total. The highest BCUT2D eigenvalue weighted by Crippen LogP contribution is 2.44. The van der Waals surface area contributed by atoms with Crippen molar-refractivity contribution in [3.8, 4) is 11.1 Å². The number of alkyl carbamates (subject to hydrolysis) is 1. The van der Waals surface area contributed by atoms with Gasteiger partial charge < -0.3 is 10.1 Å². The molecule has 4 nitrogen and oxygen atoms in total. The molecule has 0 radical (unpaired) electrons. The summed E-state index contributed by atoms with van der Waals surface area (Å²) in [7, 11) is 0. The Labute approximate surface area is 151 Å². The van der Waals surface area contributed by atoms with Crippen molar-refractivity contribution in [3.05, 3.63) is 59.7 Å². The second-order valence-corrected chi connectivity index (χ2v) is 7.01. The third-order valence-electron chi connectivity index (χ3n) is 5.52. The number of halogens is 1. The van der Waals surface area contributed by atoms with Gasteiger partial charge in [-0.3, -0.25) is 4.79 Å². The first-order valence-corrected chi connectivity index (χ1v) is 8.94. The standard InChI is InChI=1S/C21H20FNO3/c22-19(24)21(11-5-6-12-21)23-20(25)26-13-18-16-9-3-1-7-14(16)15-8-2-4-10-17(15)18/h1-4,7-10,18H,5-6,11-13H2,(H,23,25). The fourth-order valence-corrected chi connectivity index (χ4v) is 4.18. The minimum atomic E-state index is -1.48. The number of hydrogen-bond donors (Lipinski definition) is 1. The van der Waals surface area contributed by atoms with Crippen molar-refractivity contribution in [2.45, 2.75) is 37.1 Å². The maximum absolute atomic E-state index is 13.4. The lowest BCUT2D eigenvalue weighted by Crippen LogP contribution is -2.51. The number of benzene rings is 2. The van der Waals surface area contributed by atoms with Gasteiger partial charge in [0.15, 0.2) is 0 Å². The zero-order chi connectivity index (χ0) is 18.1. The van der Waals surface area contributed by atoms with Crippen LogP contribution in [0.25, 0.3) is 11.1 Å². The summed E-state index contributed by atoms with van der Waals surface area (Å²) in [6, 6.07) is 14.6. The maximum Gasteiger partial charge on any atom is 0.408 e. The van der Waals surface area contributed by atoms with Crippen molar-refractivity contribution >= 4 is 12.1 Å². The van der Waals surface area contributed by atoms with E-state index in [1.165, 1.54) is 0 Å². The number of nitrogens with one attached hydrogen (secondary N) is 1. The van der Waals surface area contributed by atoms with E-state index in [9.17, 15) is 14.0 Å². The van der Waals surface area contributed by atoms with E-state index in [1.807, 2.05) is 36.4 Å². The van der Waals surface area contributed by atoms with Gasteiger partial charge in [0.1, 0.15) is 12.1 Å². The van der Waals surface area contributed by atoms with E-state index >= 15 is 0 Å². The summed E-state index contributed by atoms with van der Waals surface area (Å²) in [5, 5.41) is 2.48. The van der Waals surface area contributed by atoms with Crippen molar-refractivity contribution < 1.29 is 18.7 Å². The Morgan fingerprint density at radius 2 is 1.54 bits per heavy atom. The molecule has 1 saturated carbocycles. The van der Waals surface area contributed by atoms with E-state index in [1.54, 1.807) is 0 Å². The van der Waals surface area contributed by atoms with Crippen LogP contribution in [0.3, 0.4) is 0 Å². The van der Waals surface area contributed by atoms with Crippen molar-refractivity contribution in [3.63, 3.8) is 0 Å². The van der Waals surface area contributed by atoms with Gasteiger partial charge in [-0.1, -0.05) is 61.4 Å². The summed E-state index contributed by atoms with van der Waals surface area (Å²) >= 11 is 0. The van der Waals surface area contributed by atoms with Crippen LogP contribution in [0.15, 0.2) is 48.5 Å².